The number of aryl methyl sites for hydroxylation is 2. The monoisotopic (exact) mass is 232 g/mol. The van der Waals surface area contributed by atoms with Crippen LogP contribution < -0.4 is 0 Å². The lowest BCUT2D eigenvalue weighted by Gasteiger charge is -2.11. The molecule has 0 aliphatic carbocycles. The molecule has 0 aromatic heterocycles. The van der Waals surface area contributed by atoms with Crippen LogP contribution in [0.1, 0.15) is 11.1 Å². The van der Waals surface area contributed by atoms with Gasteiger partial charge in [0.25, 0.3) is 0 Å². The SMILES string of the molecule is Cc1ccc(C)c(-c2cccc(Cl)c2)c1O. The van der Waals surface area contributed by atoms with E-state index in [1.807, 2.05) is 50.2 Å². The van der Waals surface area contributed by atoms with Crippen LogP contribution in [0.5, 0.6) is 5.75 Å². The third-order valence-corrected chi connectivity index (χ3v) is 2.94. The first-order chi connectivity index (χ1) is 7.59. The van der Waals surface area contributed by atoms with Gasteiger partial charge in [-0.05, 0) is 42.7 Å². The Morgan fingerprint density at radius 2 is 1.69 bits per heavy atom. The lowest BCUT2D eigenvalue weighted by atomic mass is 9.97. The molecule has 0 bridgehead atoms. The molecule has 0 unspecified atom stereocenters. The van der Waals surface area contributed by atoms with E-state index in [4.69, 9.17) is 11.6 Å². The van der Waals surface area contributed by atoms with Crippen LogP contribution in [0.3, 0.4) is 0 Å². The minimum Gasteiger partial charge on any atom is -0.507 e. The lowest BCUT2D eigenvalue weighted by Crippen LogP contribution is -1.87. The third-order valence-electron chi connectivity index (χ3n) is 2.70. The molecule has 2 heteroatoms. The zero-order chi connectivity index (χ0) is 11.7. The van der Waals surface area contributed by atoms with Crippen LogP contribution in [0.2, 0.25) is 5.02 Å². The molecule has 1 nitrogen and oxygen atoms in total. The maximum absolute atomic E-state index is 10.1. The van der Waals surface area contributed by atoms with E-state index in [-0.39, 0.29) is 0 Å². The summed E-state index contributed by atoms with van der Waals surface area (Å²) < 4.78 is 0. The second-order valence-electron chi connectivity index (χ2n) is 3.93. The first kappa shape index (κ1) is 11.0. The van der Waals surface area contributed by atoms with E-state index < -0.39 is 0 Å². The summed E-state index contributed by atoms with van der Waals surface area (Å²) in [6, 6.07) is 11.5. The number of phenolic OH excluding ortho intramolecular Hbond substituents is 1. The van der Waals surface area contributed by atoms with Crippen LogP contribution in [-0.2, 0) is 0 Å². The second kappa shape index (κ2) is 4.18. The predicted octanol–water partition coefficient (Wildman–Crippen LogP) is 4.33. The maximum atomic E-state index is 10.1. The largest absolute Gasteiger partial charge is 0.507 e. The molecule has 0 radical (unpaired) electrons. The van der Waals surface area contributed by atoms with E-state index in [0.717, 1.165) is 22.3 Å². The highest BCUT2D eigenvalue weighted by Gasteiger charge is 2.10. The van der Waals surface area contributed by atoms with Gasteiger partial charge in [-0.2, -0.15) is 0 Å². The normalized spacial score (nSPS) is 10.4. The summed E-state index contributed by atoms with van der Waals surface area (Å²) in [7, 11) is 0. The van der Waals surface area contributed by atoms with Crippen molar-refractivity contribution in [1.29, 1.82) is 0 Å². The molecule has 0 saturated heterocycles. The van der Waals surface area contributed by atoms with E-state index in [9.17, 15) is 5.11 Å². The Kier molecular flexibility index (Phi) is 2.88. The van der Waals surface area contributed by atoms with Crippen LogP contribution in [0.4, 0.5) is 0 Å². The summed E-state index contributed by atoms with van der Waals surface area (Å²) in [5, 5.41) is 10.8. The molecular formula is C14H13ClO. The van der Waals surface area contributed by atoms with Gasteiger partial charge >= 0.3 is 0 Å². The number of phenols is 1. The maximum Gasteiger partial charge on any atom is 0.126 e. The quantitative estimate of drug-likeness (QED) is 0.776. The first-order valence-corrected chi connectivity index (χ1v) is 5.52. The van der Waals surface area contributed by atoms with Crippen molar-refractivity contribution in [3.05, 3.63) is 52.5 Å². The van der Waals surface area contributed by atoms with E-state index in [0.29, 0.717) is 10.8 Å². The highest BCUT2D eigenvalue weighted by molar-refractivity contribution is 6.30. The van der Waals surface area contributed by atoms with Gasteiger partial charge in [0.2, 0.25) is 0 Å². The minimum absolute atomic E-state index is 0.335. The Labute approximate surface area is 100 Å². The fourth-order valence-corrected chi connectivity index (χ4v) is 1.99. The third kappa shape index (κ3) is 1.91. The van der Waals surface area contributed by atoms with Crippen molar-refractivity contribution >= 4 is 11.6 Å². The summed E-state index contributed by atoms with van der Waals surface area (Å²) in [5.41, 5.74) is 3.74. The van der Waals surface area contributed by atoms with Crippen LogP contribution in [0.15, 0.2) is 36.4 Å². The summed E-state index contributed by atoms with van der Waals surface area (Å²) in [4.78, 5) is 0. The molecule has 1 N–H and O–H groups in total. The van der Waals surface area contributed by atoms with Crippen molar-refractivity contribution in [2.24, 2.45) is 0 Å². The predicted molar refractivity (Wildman–Crippen MR) is 68.0 cm³/mol. The molecule has 0 aliphatic rings. The minimum atomic E-state index is 0.335. The highest BCUT2D eigenvalue weighted by atomic mass is 35.5. The molecule has 0 aliphatic heterocycles. The second-order valence-corrected chi connectivity index (χ2v) is 4.37. The van der Waals surface area contributed by atoms with Gasteiger partial charge < -0.3 is 5.11 Å². The van der Waals surface area contributed by atoms with Crippen LogP contribution in [0, 0.1) is 13.8 Å². The zero-order valence-corrected chi connectivity index (χ0v) is 10.0. The van der Waals surface area contributed by atoms with Gasteiger partial charge in [0, 0.05) is 10.6 Å². The summed E-state index contributed by atoms with van der Waals surface area (Å²) >= 11 is 5.96. The molecule has 0 heterocycles. The van der Waals surface area contributed by atoms with Crippen molar-refractivity contribution in [1.82, 2.24) is 0 Å². The van der Waals surface area contributed by atoms with Gasteiger partial charge in [0.1, 0.15) is 5.75 Å². The molecule has 0 saturated carbocycles. The number of hydrogen-bond acceptors (Lipinski definition) is 1. The lowest BCUT2D eigenvalue weighted by molar-refractivity contribution is 0.473. The van der Waals surface area contributed by atoms with Crippen LogP contribution in [-0.4, -0.2) is 5.11 Å². The Morgan fingerprint density at radius 3 is 2.38 bits per heavy atom. The van der Waals surface area contributed by atoms with E-state index in [1.54, 1.807) is 0 Å². The highest BCUT2D eigenvalue weighted by Crippen LogP contribution is 2.35. The zero-order valence-electron chi connectivity index (χ0n) is 9.29. The molecule has 2 aromatic rings. The van der Waals surface area contributed by atoms with E-state index in [2.05, 4.69) is 0 Å². The van der Waals surface area contributed by atoms with Gasteiger partial charge in [0.05, 0.1) is 0 Å². The molecule has 82 valence electrons. The summed E-state index contributed by atoms with van der Waals surface area (Å²) in [6.07, 6.45) is 0. The van der Waals surface area contributed by atoms with Crippen LogP contribution in [0.25, 0.3) is 11.1 Å². The van der Waals surface area contributed by atoms with Gasteiger partial charge in [-0.25, -0.2) is 0 Å². The molecule has 0 spiro atoms. The van der Waals surface area contributed by atoms with Gasteiger partial charge in [-0.15, -0.1) is 0 Å². The molecule has 0 amide bonds. The Bertz CT molecular complexity index is 532. The Morgan fingerprint density at radius 1 is 1.00 bits per heavy atom. The van der Waals surface area contributed by atoms with Crippen molar-refractivity contribution in [2.75, 3.05) is 0 Å². The fourth-order valence-electron chi connectivity index (χ4n) is 1.80. The average molecular weight is 233 g/mol. The molecule has 16 heavy (non-hydrogen) atoms. The van der Waals surface area contributed by atoms with Crippen molar-refractivity contribution in [3.8, 4) is 16.9 Å². The van der Waals surface area contributed by atoms with Crippen molar-refractivity contribution in [3.63, 3.8) is 0 Å². The smallest absolute Gasteiger partial charge is 0.126 e. The summed E-state index contributed by atoms with van der Waals surface area (Å²) in [5.74, 6) is 0.335. The van der Waals surface area contributed by atoms with Crippen molar-refractivity contribution < 1.29 is 5.11 Å². The summed E-state index contributed by atoms with van der Waals surface area (Å²) in [6.45, 7) is 3.87. The van der Waals surface area contributed by atoms with Crippen molar-refractivity contribution in [2.45, 2.75) is 13.8 Å². The Balaban J connectivity index is 2.68. The van der Waals surface area contributed by atoms with E-state index >= 15 is 0 Å². The molecular weight excluding hydrogens is 220 g/mol. The number of halogens is 1. The standard InChI is InChI=1S/C14H13ClO/c1-9-6-7-10(2)14(16)13(9)11-4-3-5-12(15)8-11/h3-8,16H,1-2H3. The van der Waals surface area contributed by atoms with Gasteiger partial charge in [0.15, 0.2) is 0 Å². The topological polar surface area (TPSA) is 20.2 Å². The number of benzene rings is 2. The fraction of sp³-hybridized carbons (Fsp3) is 0.143. The Hall–Kier alpha value is -1.47. The number of aromatic hydroxyl groups is 1. The van der Waals surface area contributed by atoms with E-state index in [1.165, 1.54) is 0 Å². The molecule has 0 fully saturated rings. The molecule has 2 aromatic carbocycles. The molecule has 0 atom stereocenters. The van der Waals surface area contributed by atoms with Gasteiger partial charge in [-0.3, -0.25) is 0 Å². The number of hydrogen-bond donors (Lipinski definition) is 1. The average Bonchev–Trinajstić information content (AvgIpc) is 2.24. The molecule has 2 rings (SSSR count). The number of rotatable bonds is 1. The van der Waals surface area contributed by atoms with Gasteiger partial charge in [-0.1, -0.05) is 35.9 Å². The van der Waals surface area contributed by atoms with Crippen LogP contribution >= 0.6 is 11.6 Å². The first-order valence-electron chi connectivity index (χ1n) is 5.14.